The van der Waals surface area contributed by atoms with E-state index in [1.807, 2.05) is 24.3 Å². The van der Waals surface area contributed by atoms with Gasteiger partial charge >= 0.3 is 5.97 Å². The molecule has 1 aliphatic heterocycles. The number of hydrogen-bond donors (Lipinski definition) is 0. The first-order chi connectivity index (χ1) is 9.26. The third-order valence-electron chi connectivity index (χ3n) is 3.95. The summed E-state index contributed by atoms with van der Waals surface area (Å²) < 4.78 is 5.20. The molecule has 1 atom stereocenters. The van der Waals surface area contributed by atoms with Gasteiger partial charge in [0.15, 0.2) is 0 Å². The molecule has 0 amide bonds. The highest BCUT2D eigenvalue weighted by Gasteiger charge is 2.44. The van der Waals surface area contributed by atoms with E-state index in [4.69, 9.17) is 4.74 Å². The van der Waals surface area contributed by atoms with Crippen molar-refractivity contribution in [1.82, 2.24) is 0 Å². The molecule has 2 heteroatoms. The van der Waals surface area contributed by atoms with E-state index in [1.54, 1.807) is 0 Å². The van der Waals surface area contributed by atoms with Gasteiger partial charge in [-0.1, -0.05) is 42.5 Å². The first-order valence-electron chi connectivity index (χ1n) is 6.54. The quantitative estimate of drug-likeness (QED) is 0.616. The lowest BCUT2D eigenvalue weighted by molar-refractivity contribution is -0.142. The molecule has 0 aromatic heterocycles. The number of cyclic esters (lactones) is 1. The Labute approximate surface area is 112 Å². The summed E-state index contributed by atoms with van der Waals surface area (Å²) >= 11 is 0. The summed E-state index contributed by atoms with van der Waals surface area (Å²) in [5, 5.41) is 2.34. The second-order valence-corrected chi connectivity index (χ2v) is 5.02. The zero-order chi connectivity index (χ0) is 13.3. The van der Waals surface area contributed by atoms with Gasteiger partial charge in [0.25, 0.3) is 0 Å². The van der Waals surface area contributed by atoms with Crippen molar-refractivity contribution in [2.24, 2.45) is 0 Å². The molecule has 96 valence electrons. The summed E-state index contributed by atoms with van der Waals surface area (Å²) in [6.07, 6.45) is 3.17. The third kappa shape index (κ3) is 1.84. The molecular weight excluding hydrogens is 236 g/mol. The second kappa shape index (κ2) is 4.54. The van der Waals surface area contributed by atoms with Crippen molar-refractivity contribution < 1.29 is 9.53 Å². The molecule has 2 aromatic carbocycles. The first kappa shape index (κ1) is 12.0. The van der Waals surface area contributed by atoms with Crippen LogP contribution in [0.4, 0.5) is 0 Å². The largest absolute Gasteiger partial charge is 0.465 e. The Morgan fingerprint density at radius 2 is 2.00 bits per heavy atom. The monoisotopic (exact) mass is 252 g/mol. The number of benzene rings is 2. The molecule has 0 unspecified atom stereocenters. The summed E-state index contributed by atoms with van der Waals surface area (Å²) in [7, 11) is 0. The minimum Gasteiger partial charge on any atom is -0.465 e. The van der Waals surface area contributed by atoms with E-state index in [9.17, 15) is 4.79 Å². The number of fused-ring (bicyclic) bond motifs is 1. The van der Waals surface area contributed by atoms with Crippen LogP contribution in [-0.2, 0) is 14.9 Å². The Morgan fingerprint density at radius 3 is 2.68 bits per heavy atom. The summed E-state index contributed by atoms with van der Waals surface area (Å²) in [6.45, 7) is 4.28. The molecule has 1 aliphatic rings. The minimum absolute atomic E-state index is 0.123. The van der Waals surface area contributed by atoms with E-state index >= 15 is 0 Å². The average molecular weight is 252 g/mol. The van der Waals surface area contributed by atoms with Crippen LogP contribution in [0, 0.1) is 0 Å². The molecule has 3 rings (SSSR count). The number of esters is 1. The summed E-state index contributed by atoms with van der Waals surface area (Å²) in [5.74, 6) is -0.123. The molecule has 1 saturated heterocycles. The van der Waals surface area contributed by atoms with E-state index in [2.05, 4.69) is 30.8 Å². The number of allylic oxidation sites excluding steroid dienone is 1. The lowest BCUT2D eigenvalue weighted by atomic mass is 9.76. The molecule has 0 aliphatic carbocycles. The normalized spacial score (nSPS) is 22.4. The molecule has 2 nitrogen and oxygen atoms in total. The fraction of sp³-hybridized carbons (Fsp3) is 0.235. The Hall–Kier alpha value is -2.09. The number of carbonyl (C=O) groups is 1. The highest BCUT2D eigenvalue weighted by atomic mass is 16.5. The maximum atomic E-state index is 12.2. The first-order valence-corrected chi connectivity index (χ1v) is 6.54. The van der Waals surface area contributed by atoms with Crippen LogP contribution in [0.5, 0.6) is 0 Å². The SMILES string of the molecule is C=CC[C@]1(c2ccc3ccccc3c2)CCOC1=O. The third-order valence-corrected chi connectivity index (χ3v) is 3.95. The van der Waals surface area contributed by atoms with Gasteiger partial charge in [-0.15, -0.1) is 6.58 Å². The van der Waals surface area contributed by atoms with Crippen molar-refractivity contribution in [2.45, 2.75) is 18.3 Å². The maximum absolute atomic E-state index is 12.2. The maximum Gasteiger partial charge on any atom is 0.317 e. The van der Waals surface area contributed by atoms with Crippen LogP contribution in [0.1, 0.15) is 18.4 Å². The van der Waals surface area contributed by atoms with Crippen LogP contribution in [0.3, 0.4) is 0 Å². The van der Waals surface area contributed by atoms with Gasteiger partial charge in [-0.2, -0.15) is 0 Å². The van der Waals surface area contributed by atoms with E-state index in [-0.39, 0.29) is 5.97 Å². The van der Waals surface area contributed by atoms with Crippen LogP contribution in [0.2, 0.25) is 0 Å². The summed E-state index contributed by atoms with van der Waals surface area (Å²) in [6, 6.07) is 14.4. The highest BCUT2D eigenvalue weighted by molar-refractivity contribution is 5.89. The molecule has 1 fully saturated rings. The molecule has 1 heterocycles. The van der Waals surface area contributed by atoms with Gasteiger partial charge in [-0.25, -0.2) is 0 Å². The van der Waals surface area contributed by atoms with Crippen molar-refractivity contribution >= 4 is 16.7 Å². The number of ether oxygens (including phenoxy) is 1. The summed E-state index contributed by atoms with van der Waals surface area (Å²) in [4.78, 5) is 12.2. The number of hydrogen-bond acceptors (Lipinski definition) is 2. The molecular formula is C17H16O2. The van der Waals surface area contributed by atoms with Gasteiger partial charge in [-0.3, -0.25) is 4.79 Å². The Balaban J connectivity index is 2.15. The van der Waals surface area contributed by atoms with Crippen LogP contribution < -0.4 is 0 Å². The molecule has 0 N–H and O–H groups in total. The fourth-order valence-corrected chi connectivity index (χ4v) is 2.86. The Morgan fingerprint density at radius 1 is 1.21 bits per heavy atom. The zero-order valence-corrected chi connectivity index (χ0v) is 10.8. The van der Waals surface area contributed by atoms with Crippen molar-refractivity contribution in [2.75, 3.05) is 6.61 Å². The molecule has 19 heavy (non-hydrogen) atoms. The zero-order valence-electron chi connectivity index (χ0n) is 10.8. The Kier molecular flexibility index (Phi) is 2.86. The topological polar surface area (TPSA) is 26.3 Å². The van der Waals surface area contributed by atoms with Crippen LogP contribution >= 0.6 is 0 Å². The van der Waals surface area contributed by atoms with E-state index in [0.717, 1.165) is 17.4 Å². The van der Waals surface area contributed by atoms with Gasteiger partial charge in [0.1, 0.15) is 0 Å². The summed E-state index contributed by atoms with van der Waals surface area (Å²) in [5.41, 5.74) is 0.500. The molecule has 0 spiro atoms. The molecule has 2 aromatic rings. The number of carbonyl (C=O) groups excluding carboxylic acids is 1. The number of rotatable bonds is 3. The van der Waals surface area contributed by atoms with E-state index in [0.29, 0.717) is 13.0 Å². The van der Waals surface area contributed by atoms with Gasteiger partial charge in [0.05, 0.1) is 12.0 Å². The van der Waals surface area contributed by atoms with Gasteiger partial charge in [0, 0.05) is 6.42 Å². The van der Waals surface area contributed by atoms with Gasteiger partial charge in [-0.05, 0) is 28.8 Å². The van der Waals surface area contributed by atoms with E-state index < -0.39 is 5.41 Å². The predicted octanol–water partition coefficient (Wildman–Crippen LogP) is 3.60. The lowest BCUT2D eigenvalue weighted by Crippen LogP contribution is -2.30. The highest BCUT2D eigenvalue weighted by Crippen LogP contribution is 2.39. The molecule has 0 radical (unpaired) electrons. The fourth-order valence-electron chi connectivity index (χ4n) is 2.86. The average Bonchev–Trinajstić information content (AvgIpc) is 2.81. The molecule has 0 bridgehead atoms. The van der Waals surface area contributed by atoms with Gasteiger partial charge in [0.2, 0.25) is 0 Å². The van der Waals surface area contributed by atoms with Crippen molar-refractivity contribution in [3.63, 3.8) is 0 Å². The second-order valence-electron chi connectivity index (χ2n) is 5.02. The van der Waals surface area contributed by atoms with Crippen molar-refractivity contribution in [3.8, 4) is 0 Å². The van der Waals surface area contributed by atoms with E-state index in [1.165, 1.54) is 5.39 Å². The smallest absolute Gasteiger partial charge is 0.317 e. The molecule has 0 saturated carbocycles. The lowest BCUT2D eigenvalue weighted by Gasteiger charge is -2.24. The van der Waals surface area contributed by atoms with Crippen LogP contribution in [-0.4, -0.2) is 12.6 Å². The minimum atomic E-state index is -0.536. The van der Waals surface area contributed by atoms with Crippen LogP contribution in [0.15, 0.2) is 55.1 Å². The van der Waals surface area contributed by atoms with Crippen molar-refractivity contribution in [1.29, 1.82) is 0 Å². The van der Waals surface area contributed by atoms with Crippen LogP contribution in [0.25, 0.3) is 10.8 Å². The predicted molar refractivity (Wildman–Crippen MR) is 76.0 cm³/mol. The van der Waals surface area contributed by atoms with Gasteiger partial charge < -0.3 is 4.74 Å². The Bertz CT molecular complexity index is 645. The standard InChI is InChI=1S/C17H16O2/c1-2-9-17(10-11-19-16(17)18)15-8-7-13-5-3-4-6-14(13)12-15/h2-8,12H,1,9-11H2/t17-/m1/s1. The van der Waals surface area contributed by atoms with Crippen molar-refractivity contribution in [3.05, 3.63) is 60.7 Å².